The first-order chi connectivity index (χ1) is 3.56. The van der Waals surface area contributed by atoms with Gasteiger partial charge in [-0.05, 0) is 0 Å². The van der Waals surface area contributed by atoms with Crippen LogP contribution in [0.5, 0.6) is 0 Å². The molecule has 8 heavy (non-hydrogen) atoms. The van der Waals surface area contributed by atoms with E-state index in [0.717, 1.165) is 5.33 Å². The topological polar surface area (TPSA) is 0 Å². The SMILES string of the molecule is [CH3][Sn]([CH3])([CH3])[C]#CCBr. The fraction of sp³-hybridized carbons (Fsp3) is 0.667. The molecule has 0 aliphatic heterocycles. The van der Waals surface area contributed by atoms with Crippen molar-refractivity contribution in [3.05, 3.63) is 0 Å². The minimum atomic E-state index is -1.70. The molecular weight excluding hydrogens is 271 g/mol. The van der Waals surface area contributed by atoms with Crippen molar-refractivity contribution >= 4 is 34.3 Å². The zero-order chi connectivity index (χ0) is 6.62. The average molecular weight is 282 g/mol. The molecule has 0 aromatic carbocycles. The summed E-state index contributed by atoms with van der Waals surface area (Å²) >= 11 is 1.56. The van der Waals surface area contributed by atoms with Crippen LogP contribution in [0.3, 0.4) is 0 Å². The van der Waals surface area contributed by atoms with Crippen LogP contribution in [0.2, 0.25) is 14.8 Å². The monoisotopic (exact) mass is 282 g/mol. The molecule has 0 rings (SSSR count). The first kappa shape index (κ1) is 8.84. The van der Waals surface area contributed by atoms with Crippen LogP contribution in [0.4, 0.5) is 0 Å². The van der Waals surface area contributed by atoms with E-state index in [-0.39, 0.29) is 0 Å². The van der Waals surface area contributed by atoms with Gasteiger partial charge in [0, 0.05) is 0 Å². The van der Waals surface area contributed by atoms with Crippen LogP contribution in [0, 0.1) is 9.86 Å². The zero-order valence-electron chi connectivity index (χ0n) is 5.59. The first-order valence-electron chi connectivity index (χ1n) is 2.62. The molecule has 46 valence electrons. The van der Waals surface area contributed by atoms with Crippen LogP contribution < -0.4 is 0 Å². The van der Waals surface area contributed by atoms with Crippen LogP contribution >= 0.6 is 15.9 Å². The summed E-state index contributed by atoms with van der Waals surface area (Å²) in [5, 5.41) is 0.835. The Morgan fingerprint density at radius 1 is 1.38 bits per heavy atom. The third-order valence-corrected chi connectivity index (χ3v) is 3.46. The van der Waals surface area contributed by atoms with E-state index in [1.165, 1.54) is 0 Å². The van der Waals surface area contributed by atoms with Gasteiger partial charge in [0.25, 0.3) is 0 Å². The van der Waals surface area contributed by atoms with E-state index in [1.807, 2.05) is 0 Å². The van der Waals surface area contributed by atoms with Gasteiger partial charge < -0.3 is 0 Å². The summed E-state index contributed by atoms with van der Waals surface area (Å²) < 4.78 is 3.28. The summed E-state index contributed by atoms with van der Waals surface area (Å²) in [6.07, 6.45) is 0. The molecule has 0 heterocycles. The van der Waals surface area contributed by atoms with Gasteiger partial charge >= 0.3 is 64.3 Å². The predicted molar refractivity (Wildman–Crippen MR) is 44.9 cm³/mol. The van der Waals surface area contributed by atoms with Crippen molar-refractivity contribution in [2.24, 2.45) is 0 Å². The van der Waals surface area contributed by atoms with Crippen LogP contribution in [-0.4, -0.2) is 23.7 Å². The molecule has 0 aromatic heterocycles. The zero-order valence-corrected chi connectivity index (χ0v) is 10.0. The molecule has 0 saturated carbocycles. The molecule has 0 N–H and O–H groups in total. The molecule has 0 bridgehead atoms. The van der Waals surface area contributed by atoms with Gasteiger partial charge in [0.1, 0.15) is 0 Å². The number of rotatable bonds is 0. The molecule has 0 aliphatic carbocycles. The van der Waals surface area contributed by atoms with Gasteiger partial charge in [-0.1, -0.05) is 0 Å². The van der Waals surface area contributed by atoms with Crippen molar-refractivity contribution in [3.8, 4) is 9.86 Å². The summed E-state index contributed by atoms with van der Waals surface area (Å²) in [6, 6.07) is 0. The Bertz CT molecular complexity index is 113. The third kappa shape index (κ3) is 6.84. The maximum atomic E-state index is 3.28. The van der Waals surface area contributed by atoms with Gasteiger partial charge in [-0.2, -0.15) is 0 Å². The summed E-state index contributed by atoms with van der Waals surface area (Å²) in [5.74, 6) is 3.05. The Hall–Kier alpha value is 0.839. The van der Waals surface area contributed by atoms with Crippen LogP contribution in [0.25, 0.3) is 0 Å². The number of hydrogen-bond acceptors (Lipinski definition) is 0. The standard InChI is InChI=1S/C3H2Br.3CH3.Sn/c1-2-3-4;;;;/h3H2;3*1H3;. The molecule has 2 heteroatoms. The van der Waals surface area contributed by atoms with Crippen LogP contribution in [-0.2, 0) is 0 Å². The second-order valence-corrected chi connectivity index (χ2v) is 16.8. The van der Waals surface area contributed by atoms with Crippen molar-refractivity contribution in [3.63, 3.8) is 0 Å². The summed E-state index contributed by atoms with van der Waals surface area (Å²) in [6.45, 7) is 0. The second-order valence-electron chi connectivity index (χ2n) is 2.69. The van der Waals surface area contributed by atoms with E-state index in [1.54, 1.807) is 0 Å². The van der Waals surface area contributed by atoms with E-state index in [2.05, 4.69) is 40.6 Å². The molecule has 0 unspecified atom stereocenters. The summed E-state index contributed by atoms with van der Waals surface area (Å²) in [4.78, 5) is 6.93. The van der Waals surface area contributed by atoms with Gasteiger partial charge in [-0.15, -0.1) is 0 Å². The van der Waals surface area contributed by atoms with E-state index in [9.17, 15) is 0 Å². The van der Waals surface area contributed by atoms with Crippen molar-refractivity contribution < 1.29 is 0 Å². The molecule has 0 saturated heterocycles. The van der Waals surface area contributed by atoms with E-state index < -0.39 is 18.4 Å². The predicted octanol–water partition coefficient (Wildman–Crippen LogP) is 2.26. The molecule has 0 nitrogen and oxygen atoms in total. The average Bonchev–Trinajstić information content (AvgIpc) is 1.59. The Morgan fingerprint density at radius 3 is 2.00 bits per heavy atom. The van der Waals surface area contributed by atoms with E-state index >= 15 is 0 Å². The van der Waals surface area contributed by atoms with Crippen LogP contribution in [0.15, 0.2) is 0 Å². The maximum absolute atomic E-state index is 3.28. The van der Waals surface area contributed by atoms with Crippen molar-refractivity contribution in [1.82, 2.24) is 0 Å². The van der Waals surface area contributed by atoms with Gasteiger partial charge in [-0.25, -0.2) is 0 Å². The fourth-order valence-corrected chi connectivity index (χ4v) is 2.94. The van der Waals surface area contributed by atoms with Gasteiger partial charge in [0.05, 0.1) is 0 Å². The quantitative estimate of drug-likeness (QED) is 0.363. The Labute approximate surface area is 64.0 Å². The summed E-state index contributed by atoms with van der Waals surface area (Å²) in [5.41, 5.74) is 0. The van der Waals surface area contributed by atoms with Gasteiger partial charge in [-0.3, -0.25) is 0 Å². The van der Waals surface area contributed by atoms with E-state index in [4.69, 9.17) is 0 Å². The van der Waals surface area contributed by atoms with Crippen molar-refractivity contribution in [2.75, 3.05) is 5.33 Å². The minimum absolute atomic E-state index is 0.835. The van der Waals surface area contributed by atoms with Gasteiger partial charge in [0.15, 0.2) is 0 Å². The number of alkyl halides is 1. The normalized spacial score (nSPS) is 10.0. The van der Waals surface area contributed by atoms with E-state index in [0.29, 0.717) is 0 Å². The van der Waals surface area contributed by atoms with Crippen molar-refractivity contribution in [2.45, 2.75) is 14.8 Å². The fourth-order valence-electron chi connectivity index (χ4n) is 0.299. The molecule has 0 spiro atoms. The van der Waals surface area contributed by atoms with Crippen LogP contribution in [0.1, 0.15) is 0 Å². The first-order valence-corrected chi connectivity index (χ1v) is 13.7. The van der Waals surface area contributed by atoms with Crippen molar-refractivity contribution in [1.29, 1.82) is 0 Å². The molecule has 0 fully saturated rings. The summed E-state index contributed by atoms with van der Waals surface area (Å²) in [7, 11) is 0. The molecular formula is C6H11BrSn. The molecule has 0 radical (unpaired) electrons. The molecule has 0 aliphatic rings. The third-order valence-electron chi connectivity index (χ3n) is 0.530. The molecule has 0 amide bonds. The Balaban J connectivity index is 3.69. The Kier molecular flexibility index (Phi) is 4.18. The molecule has 0 aromatic rings. The number of hydrogen-bond donors (Lipinski definition) is 0. The second kappa shape index (κ2) is 3.79. The molecule has 0 atom stereocenters. The Morgan fingerprint density at radius 2 is 1.88 bits per heavy atom. The van der Waals surface area contributed by atoms with Gasteiger partial charge in [0.2, 0.25) is 0 Å². The number of halogens is 1.